The van der Waals surface area contributed by atoms with Crippen molar-refractivity contribution in [3.05, 3.63) is 59.2 Å². The summed E-state index contributed by atoms with van der Waals surface area (Å²) in [4.78, 5) is 23.6. The highest BCUT2D eigenvalue weighted by Crippen LogP contribution is 2.39. The lowest BCUT2D eigenvalue weighted by molar-refractivity contribution is 0.102. The second-order valence-electron chi connectivity index (χ2n) is 8.20. The number of nitrogens with two attached hydrogens (primary N) is 2. The minimum absolute atomic E-state index is 0.151. The molecule has 1 amide bonds. The molecule has 0 radical (unpaired) electrons. The first kappa shape index (κ1) is 19.9. The van der Waals surface area contributed by atoms with Gasteiger partial charge in [0, 0.05) is 16.9 Å². The third-order valence-electron chi connectivity index (χ3n) is 5.72. The molecule has 2 aromatic carbocycles. The molecule has 0 bridgehead atoms. The molecule has 5 N–H and O–H groups in total. The molecule has 1 heterocycles. The van der Waals surface area contributed by atoms with Gasteiger partial charge in [0.15, 0.2) is 0 Å². The smallest absolute Gasteiger partial charge is 0.255 e. The largest absolute Gasteiger partial charge is 0.369 e. The van der Waals surface area contributed by atoms with E-state index >= 15 is 0 Å². The summed E-state index contributed by atoms with van der Waals surface area (Å²) in [5.41, 5.74) is 16.2. The highest BCUT2D eigenvalue weighted by atomic mass is 16.1. The number of anilines is 2. The van der Waals surface area contributed by atoms with Crippen molar-refractivity contribution in [3.8, 4) is 0 Å². The van der Waals surface area contributed by atoms with Crippen LogP contribution in [0.4, 0.5) is 11.4 Å². The topological polar surface area (TPSA) is 109 Å². The molecule has 1 fully saturated rings. The van der Waals surface area contributed by atoms with Gasteiger partial charge in [-0.05, 0) is 87.1 Å². The summed E-state index contributed by atoms with van der Waals surface area (Å²) in [6.45, 7) is 4.02. The molecule has 30 heavy (non-hydrogen) atoms. The molecular formula is C23H28N6O. The van der Waals surface area contributed by atoms with Crippen LogP contribution in [0.15, 0.2) is 52.4 Å². The summed E-state index contributed by atoms with van der Waals surface area (Å²) < 4.78 is 0. The Morgan fingerprint density at radius 3 is 2.27 bits per heavy atom. The number of aliphatic imine (C=N–C) groups is 2. The Kier molecular flexibility index (Phi) is 5.20. The number of nitrogens with zero attached hydrogens (tertiary/aromatic N) is 3. The van der Waals surface area contributed by atoms with Crippen LogP contribution in [0.2, 0.25) is 0 Å². The van der Waals surface area contributed by atoms with E-state index in [-0.39, 0.29) is 11.9 Å². The third-order valence-corrected chi connectivity index (χ3v) is 5.72. The predicted molar refractivity (Wildman–Crippen MR) is 122 cm³/mol. The van der Waals surface area contributed by atoms with Crippen LogP contribution in [-0.4, -0.2) is 23.5 Å². The number of hydrogen-bond acceptors (Lipinski definition) is 6. The van der Waals surface area contributed by atoms with Crippen LogP contribution < -0.4 is 21.7 Å². The quantitative estimate of drug-likeness (QED) is 0.725. The number of benzene rings is 2. The second-order valence-corrected chi connectivity index (χ2v) is 8.20. The molecule has 0 saturated heterocycles. The lowest BCUT2D eigenvalue weighted by atomic mass is 9.87. The van der Waals surface area contributed by atoms with Crippen molar-refractivity contribution in [2.24, 2.45) is 21.5 Å². The molecule has 1 aliphatic carbocycles. The Morgan fingerprint density at radius 2 is 1.63 bits per heavy atom. The number of hydrogen-bond donors (Lipinski definition) is 3. The van der Waals surface area contributed by atoms with Gasteiger partial charge in [0.1, 0.15) is 5.66 Å². The van der Waals surface area contributed by atoms with E-state index in [1.54, 1.807) is 12.1 Å². The molecule has 1 saturated carbocycles. The maximum absolute atomic E-state index is 12.7. The van der Waals surface area contributed by atoms with Gasteiger partial charge in [0.25, 0.3) is 5.91 Å². The van der Waals surface area contributed by atoms with Gasteiger partial charge in [0.2, 0.25) is 11.9 Å². The zero-order valence-corrected chi connectivity index (χ0v) is 17.5. The summed E-state index contributed by atoms with van der Waals surface area (Å²) in [7, 11) is 0. The van der Waals surface area contributed by atoms with Crippen LogP contribution in [0, 0.1) is 13.8 Å². The molecule has 156 valence electrons. The average molecular weight is 405 g/mol. The Morgan fingerprint density at radius 1 is 1.00 bits per heavy atom. The Labute approximate surface area is 176 Å². The van der Waals surface area contributed by atoms with E-state index in [4.69, 9.17) is 11.5 Å². The number of rotatable bonds is 3. The van der Waals surface area contributed by atoms with E-state index in [9.17, 15) is 4.79 Å². The van der Waals surface area contributed by atoms with Gasteiger partial charge in [-0.25, -0.2) is 4.99 Å². The van der Waals surface area contributed by atoms with E-state index in [0.29, 0.717) is 11.5 Å². The summed E-state index contributed by atoms with van der Waals surface area (Å²) in [5, 5.41) is 2.97. The number of carbonyl (C=O) groups is 1. The molecule has 1 aliphatic heterocycles. The monoisotopic (exact) mass is 404 g/mol. The molecule has 4 rings (SSSR count). The van der Waals surface area contributed by atoms with Gasteiger partial charge >= 0.3 is 0 Å². The number of aryl methyl sites for hydroxylation is 2. The van der Waals surface area contributed by atoms with Crippen molar-refractivity contribution in [2.45, 2.75) is 51.6 Å². The first-order chi connectivity index (χ1) is 14.4. The van der Waals surface area contributed by atoms with Crippen LogP contribution in [0.25, 0.3) is 0 Å². The summed E-state index contributed by atoms with van der Waals surface area (Å²) in [6, 6.07) is 13.4. The van der Waals surface area contributed by atoms with Crippen molar-refractivity contribution in [2.75, 3.05) is 10.2 Å². The van der Waals surface area contributed by atoms with Crippen LogP contribution >= 0.6 is 0 Å². The molecule has 0 aromatic heterocycles. The number of guanidine groups is 2. The molecule has 0 atom stereocenters. The SMILES string of the molecule is Cc1cc(C)cc(NC(=O)c2ccc(N3C(N)=NC(N)=NC34CCCCC4)cc2)c1. The highest BCUT2D eigenvalue weighted by molar-refractivity contribution is 6.07. The molecule has 1 spiro atoms. The Hall–Kier alpha value is -3.35. The molecule has 7 nitrogen and oxygen atoms in total. The molecule has 2 aliphatic rings. The van der Waals surface area contributed by atoms with Crippen LogP contribution in [-0.2, 0) is 0 Å². The molecule has 2 aromatic rings. The van der Waals surface area contributed by atoms with Crippen LogP contribution in [0.1, 0.15) is 53.6 Å². The standard InChI is InChI=1S/C23H28N6O/c1-15-12-16(2)14-18(13-15)26-20(30)17-6-8-19(9-7-17)29-22(25)27-21(24)28-23(29)10-4-3-5-11-23/h6-9,12-14H,3-5,10-11H2,1-2H3,(H,26,30)(H4,24,25,27,28). The van der Waals surface area contributed by atoms with Gasteiger partial charge in [-0.3, -0.25) is 9.69 Å². The fraction of sp³-hybridized carbons (Fsp3) is 0.348. The fourth-order valence-corrected chi connectivity index (χ4v) is 4.51. The number of carbonyl (C=O) groups excluding carboxylic acids is 1. The number of amides is 1. The van der Waals surface area contributed by atoms with E-state index < -0.39 is 5.66 Å². The lowest BCUT2D eigenvalue weighted by Gasteiger charge is -2.45. The van der Waals surface area contributed by atoms with Gasteiger partial charge in [-0.2, -0.15) is 4.99 Å². The van der Waals surface area contributed by atoms with Crippen molar-refractivity contribution in [3.63, 3.8) is 0 Å². The predicted octanol–water partition coefficient (Wildman–Crippen LogP) is 3.67. The zero-order valence-electron chi connectivity index (χ0n) is 17.5. The second kappa shape index (κ2) is 7.82. The minimum Gasteiger partial charge on any atom is -0.369 e. The van der Waals surface area contributed by atoms with E-state index in [0.717, 1.165) is 48.2 Å². The summed E-state index contributed by atoms with van der Waals surface area (Å²) in [5.74, 6) is 0.424. The maximum Gasteiger partial charge on any atom is 0.255 e. The Bertz CT molecular complexity index is 998. The van der Waals surface area contributed by atoms with Crippen molar-refractivity contribution >= 4 is 29.2 Å². The van der Waals surface area contributed by atoms with Gasteiger partial charge in [-0.1, -0.05) is 12.5 Å². The van der Waals surface area contributed by atoms with Gasteiger partial charge in [-0.15, -0.1) is 0 Å². The van der Waals surface area contributed by atoms with Gasteiger partial charge < -0.3 is 16.8 Å². The number of nitrogens with one attached hydrogen (secondary N) is 1. The molecular weight excluding hydrogens is 376 g/mol. The van der Waals surface area contributed by atoms with E-state index in [2.05, 4.69) is 21.4 Å². The summed E-state index contributed by atoms with van der Waals surface area (Å²) in [6.07, 6.45) is 5.06. The average Bonchev–Trinajstić information content (AvgIpc) is 2.67. The van der Waals surface area contributed by atoms with Crippen molar-refractivity contribution < 1.29 is 4.79 Å². The first-order valence-electron chi connectivity index (χ1n) is 10.4. The fourth-order valence-electron chi connectivity index (χ4n) is 4.51. The Balaban J connectivity index is 1.58. The normalized spacial score (nSPS) is 18.0. The van der Waals surface area contributed by atoms with Crippen LogP contribution in [0.5, 0.6) is 0 Å². The van der Waals surface area contributed by atoms with Gasteiger partial charge in [0.05, 0.1) is 0 Å². The van der Waals surface area contributed by atoms with Crippen LogP contribution in [0.3, 0.4) is 0 Å². The van der Waals surface area contributed by atoms with Crippen molar-refractivity contribution in [1.29, 1.82) is 0 Å². The van der Waals surface area contributed by atoms with E-state index in [1.807, 2.05) is 43.0 Å². The minimum atomic E-state index is -0.489. The van der Waals surface area contributed by atoms with Crippen molar-refractivity contribution in [1.82, 2.24) is 0 Å². The summed E-state index contributed by atoms with van der Waals surface area (Å²) >= 11 is 0. The molecule has 0 unspecified atom stereocenters. The molecule has 7 heteroatoms. The maximum atomic E-state index is 12.7. The third kappa shape index (κ3) is 3.87. The lowest BCUT2D eigenvalue weighted by Crippen LogP contribution is -2.58. The highest BCUT2D eigenvalue weighted by Gasteiger charge is 2.42. The van der Waals surface area contributed by atoms with E-state index in [1.165, 1.54) is 6.42 Å². The zero-order chi connectivity index (χ0) is 21.3. The first-order valence-corrected chi connectivity index (χ1v) is 10.4.